The number of hydrogen-bond donors (Lipinski definition) is 2. The van der Waals surface area contributed by atoms with Gasteiger partial charge in [0.05, 0.1) is 28.4 Å². The number of rotatable bonds is 8. The molecule has 3 heterocycles. The summed E-state index contributed by atoms with van der Waals surface area (Å²) in [4.78, 5) is 55.4. The summed E-state index contributed by atoms with van der Waals surface area (Å²) in [7, 11) is 0. The van der Waals surface area contributed by atoms with Gasteiger partial charge < -0.3 is 18.9 Å². The third-order valence-electron chi connectivity index (χ3n) is 6.98. The monoisotopic (exact) mass is 612 g/mol. The van der Waals surface area contributed by atoms with E-state index < -0.39 is 54.7 Å². The molecular formula is C31H24N4O8S. The smallest absolute Gasteiger partial charge is 0.338 e. The van der Waals surface area contributed by atoms with Crippen LogP contribution < -0.4 is 5.69 Å². The molecule has 3 aromatic carbocycles. The third kappa shape index (κ3) is 5.78. The van der Waals surface area contributed by atoms with Gasteiger partial charge in [-0.1, -0.05) is 66.8 Å². The van der Waals surface area contributed by atoms with Gasteiger partial charge in [0.25, 0.3) is 0 Å². The molecule has 6 rings (SSSR count). The molecular weight excluding hydrogens is 588 g/mol. The summed E-state index contributed by atoms with van der Waals surface area (Å²) in [6.45, 7) is -0.400. The molecule has 44 heavy (non-hydrogen) atoms. The van der Waals surface area contributed by atoms with E-state index in [1.807, 2.05) is 0 Å². The Morgan fingerprint density at radius 1 is 0.795 bits per heavy atom. The van der Waals surface area contributed by atoms with Crippen LogP contribution >= 0.6 is 12.2 Å². The van der Waals surface area contributed by atoms with Crippen molar-refractivity contribution in [2.75, 3.05) is 6.61 Å². The SMILES string of the molecule is O=C(OC[C@H]1O[C@@H](n2c(=O)[nH]c(=S)c3[nH]ncc32)[C@H](OC(=O)c2ccccc2)[C@@H]1OC(=O)c1ccccc1)c1ccccc1. The predicted molar refractivity (Wildman–Crippen MR) is 157 cm³/mol. The fourth-order valence-electron chi connectivity index (χ4n) is 4.88. The summed E-state index contributed by atoms with van der Waals surface area (Å²) >= 11 is 5.27. The summed E-state index contributed by atoms with van der Waals surface area (Å²) in [5.41, 5.74) is 0.616. The second kappa shape index (κ2) is 12.5. The van der Waals surface area contributed by atoms with Crippen LogP contribution in [-0.4, -0.2) is 62.6 Å². The number of carbonyl (C=O) groups excluding carboxylic acids is 3. The van der Waals surface area contributed by atoms with Crippen LogP contribution in [-0.2, 0) is 18.9 Å². The first-order chi connectivity index (χ1) is 21.4. The highest BCUT2D eigenvalue weighted by Crippen LogP contribution is 2.36. The highest BCUT2D eigenvalue weighted by Gasteiger charge is 2.52. The molecule has 1 aliphatic heterocycles. The van der Waals surface area contributed by atoms with E-state index in [-0.39, 0.29) is 21.3 Å². The number of carbonyl (C=O) groups is 3. The Bertz CT molecular complexity index is 1920. The summed E-state index contributed by atoms with van der Waals surface area (Å²) < 4.78 is 24.9. The first kappa shape index (κ1) is 28.7. The molecule has 0 saturated carbocycles. The number of esters is 3. The largest absolute Gasteiger partial charge is 0.459 e. The van der Waals surface area contributed by atoms with Crippen LogP contribution in [0.5, 0.6) is 0 Å². The standard InChI is InChI=1S/C31H24N4O8S/c36-28(18-10-4-1-5-11-18)40-17-22-24(42-29(37)19-12-6-2-7-13-19)25(43-30(38)20-14-8-3-9-15-20)27(41-22)35-21-16-32-34-23(21)26(44)33-31(35)39/h1-16,22,24-25,27H,17H2,(H,32,34)(H,33,39,44)/t22-,24-,25-,27-/m1/s1. The number of hydrogen-bond acceptors (Lipinski definition) is 10. The molecule has 12 nitrogen and oxygen atoms in total. The number of H-pyrrole nitrogens is 2. The zero-order chi connectivity index (χ0) is 30.6. The Morgan fingerprint density at radius 2 is 1.32 bits per heavy atom. The van der Waals surface area contributed by atoms with E-state index >= 15 is 0 Å². The number of nitrogens with one attached hydrogen (secondary N) is 2. The topological polar surface area (TPSA) is 155 Å². The zero-order valence-corrected chi connectivity index (χ0v) is 23.6. The number of fused-ring (bicyclic) bond motifs is 1. The Balaban J connectivity index is 1.41. The van der Waals surface area contributed by atoms with Crippen LogP contribution in [0.3, 0.4) is 0 Å². The Labute approximate surface area is 254 Å². The van der Waals surface area contributed by atoms with E-state index in [0.717, 1.165) is 0 Å². The van der Waals surface area contributed by atoms with Gasteiger partial charge in [-0.3, -0.25) is 14.6 Å². The minimum Gasteiger partial charge on any atom is -0.459 e. The molecule has 0 bridgehead atoms. The molecule has 0 spiro atoms. The van der Waals surface area contributed by atoms with Crippen molar-refractivity contribution in [1.29, 1.82) is 0 Å². The first-order valence-electron chi connectivity index (χ1n) is 13.5. The molecule has 2 aromatic heterocycles. The lowest BCUT2D eigenvalue weighted by Crippen LogP contribution is -2.42. The lowest BCUT2D eigenvalue weighted by molar-refractivity contribution is -0.0620. The van der Waals surface area contributed by atoms with Gasteiger partial charge in [-0.25, -0.2) is 19.2 Å². The van der Waals surface area contributed by atoms with E-state index in [1.54, 1.807) is 91.0 Å². The van der Waals surface area contributed by atoms with Gasteiger partial charge in [-0.15, -0.1) is 0 Å². The van der Waals surface area contributed by atoms with Crippen LogP contribution in [0.4, 0.5) is 0 Å². The van der Waals surface area contributed by atoms with E-state index in [1.165, 1.54) is 10.8 Å². The van der Waals surface area contributed by atoms with Crippen LogP contribution in [0, 0.1) is 4.64 Å². The predicted octanol–water partition coefficient (Wildman–Crippen LogP) is 3.99. The Kier molecular flexibility index (Phi) is 8.12. The molecule has 1 fully saturated rings. The average Bonchev–Trinajstić information content (AvgIpc) is 3.67. The van der Waals surface area contributed by atoms with Crippen molar-refractivity contribution in [3.63, 3.8) is 0 Å². The Hall–Kier alpha value is -5.40. The van der Waals surface area contributed by atoms with Crippen molar-refractivity contribution >= 4 is 41.2 Å². The third-order valence-corrected chi connectivity index (χ3v) is 7.28. The van der Waals surface area contributed by atoms with Crippen LogP contribution in [0.2, 0.25) is 0 Å². The van der Waals surface area contributed by atoms with E-state index in [2.05, 4.69) is 15.2 Å². The normalized spacial score (nSPS) is 19.4. The molecule has 0 amide bonds. The summed E-state index contributed by atoms with van der Waals surface area (Å²) in [5, 5.41) is 6.73. The molecule has 222 valence electrons. The van der Waals surface area contributed by atoms with Gasteiger partial charge in [0.15, 0.2) is 18.4 Å². The number of ether oxygens (including phenoxy) is 4. The van der Waals surface area contributed by atoms with Crippen molar-refractivity contribution in [3.8, 4) is 0 Å². The molecule has 0 aliphatic carbocycles. The quantitative estimate of drug-likeness (QED) is 0.149. The van der Waals surface area contributed by atoms with Crippen molar-refractivity contribution in [1.82, 2.24) is 19.7 Å². The van der Waals surface area contributed by atoms with E-state index in [9.17, 15) is 19.2 Å². The van der Waals surface area contributed by atoms with Crippen LogP contribution in [0.1, 0.15) is 37.3 Å². The fraction of sp³-hybridized carbons (Fsp3) is 0.161. The lowest BCUT2D eigenvalue weighted by Gasteiger charge is -2.25. The molecule has 5 aromatic rings. The summed E-state index contributed by atoms with van der Waals surface area (Å²) in [6, 6.07) is 24.6. The maximum absolute atomic E-state index is 13.4. The van der Waals surface area contributed by atoms with Gasteiger partial charge in [0, 0.05) is 0 Å². The van der Waals surface area contributed by atoms with Crippen molar-refractivity contribution in [3.05, 3.63) is 129 Å². The van der Waals surface area contributed by atoms with Crippen molar-refractivity contribution < 1.29 is 33.3 Å². The molecule has 2 N–H and O–H groups in total. The van der Waals surface area contributed by atoms with Crippen LogP contribution in [0.15, 0.2) is 102 Å². The van der Waals surface area contributed by atoms with Gasteiger partial charge in [-0.05, 0) is 36.4 Å². The maximum Gasteiger partial charge on any atom is 0.338 e. The highest BCUT2D eigenvalue weighted by atomic mass is 32.1. The van der Waals surface area contributed by atoms with E-state index in [4.69, 9.17) is 31.2 Å². The second-order valence-corrected chi connectivity index (χ2v) is 10.2. The summed E-state index contributed by atoms with van der Waals surface area (Å²) in [6.07, 6.45) is -3.84. The van der Waals surface area contributed by atoms with Gasteiger partial charge >= 0.3 is 23.6 Å². The molecule has 1 saturated heterocycles. The molecule has 0 unspecified atom stereocenters. The first-order valence-corrected chi connectivity index (χ1v) is 13.9. The van der Waals surface area contributed by atoms with Gasteiger partial charge in [-0.2, -0.15) is 5.10 Å². The number of aromatic nitrogens is 4. The van der Waals surface area contributed by atoms with Crippen molar-refractivity contribution in [2.45, 2.75) is 24.5 Å². The Morgan fingerprint density at radius 3 is 1.89 bits per heavy atom. The molecule has 0 radical (unpaired) electrons. The number of aromatic amines is 2. The fourth-order valence-corrected chi connectivity index (χ4v) is 5.11. The molecule has 13 heteroatoms. The molecule has 4 atom stereocenters. The maximum atomic E-state index is 13.4. The summed E-state index contributed by atoms with van der Waals surface area (Å²) in [5.74, 6) is -2.15. The zero-order valence-electron chi connectivity index (χ0n) is 22.8. The highest BCUT2D eigenvalue weighted by molar-refractivity contribution is 7.71. The molecule has 1 aliphatic rings. The van der Waals surface area contributed by atoms with E-state index in [0.29, 0.717) is 11.1 Å². The lowest BCUT2D eigenvalue weighted by atomic mass is 10.1. The number of benzene rings is 3. The minimum atomic E-state index is -1.38. The van der Waals surface area contributed by atoms with Crippen LogP contribution in [0.25, 0.3) is 11.0 Å². The average molecular weight is 613 g/mol. The van der Waals surface area contributed by atoms with Crippen molar-refractivity contribution in [2.24, 2.45) is 0 Å². The second-order valence-electron chi connectivity index (χ2n) is 9.76. The van der Waals surface area contributed by atoms with Gasteiger partial charge in [0.1, 0.15) is 22.9 Å². The minimum absolute atomic E-state index is 0.106. The van der Waals surface area contributed by atoms with Gasteiger partial charge in [0.2, 0.25) is 0 Å². The number of nitrogens with zero attached hydrogens (tertiary/aromatic N) is 2.